The molecule has 142 valence electrons. The molecule has 0 unspecified atom stereocenters. The van der Waals surface area contributed by atoms with Gasteiger partial charge in [-0.25, -0.2) is 0 Å². The van der Waals surface area contributed by atoms with E-state index in [1.165, 1.54) is 14.0 Å². The molecular formula is C20H21NO6. The van der Waals surface area contributed by atoms with Crippen LogP contribution < -0.4 is 24.3 Å². The lowest BCUT2D eigenvalue weighted by Gasteiger charge is -2.17. The number of amides is 1. The van der Waals surface area contributed by atoms with Gasteiger partial charge in [-0.2, -0.15) is 0 Å². The fourth-order valence-corrected chi connectivity index (χ4v) is 2.61. The van der Waals surface area contributed by atoms with Crippen LogP contribution in [0.15, 0.2) is 36.4 Å². The van der Waals surface area contributed by atoms with Gasteiger partial charge in [0.15, 0.2) is 34.9 Å². The van der Waals surface area contributed by atoms with Crippen molar-refractivity contribution in [3.63, 3.8) is 0 Å². The van der Waals surface area contributed by atoms with Crippen molar-refractivity contribution in [3.8, 4) is 23.0 Å². The number of carbonyl (C=O) groups is 2. The second-order valence-electron chi connectivity index (χ2n) is 6.09. The molecule has 0 radical (unpaired) electrons. The molecule has 1 N–H and O–H groups in total. The van der Waals surface area contributed by atoms with Gasteiger partial charge in [-0.05, 0) is 49.7 Å². The number of hydrogen-bond donors (Lipinski definition) is 1. The second kappa shape index (κ2) is 7.99. The third kappa shape index (κ3) is 4.31. The predicted octanol–water partition coefficient (Wildman–Crippen LogP) is 2.71. The highest BCUT2D eigenvalue weighted by atomic mass is 16.7. The molecule has 0 aliphatic carbocycles. The van der Waals surface area contributed by atoms with E-state index in [9.17, 15) is 9.59 Å². The molecule has 0 aromatic heterocycles. The third-order valence-electron chi connectivity index (χ3n) is 4.15. The van der Waals surface area contributed by atoms with Gasteiger partial charge in [0.1, 0.15) is 0 Å². The number of rotatable bonds is 7. The van der Waals surface area contributed by atoms with Gasteiger partial charge in [-0.15, -0.1) is 0 Å². The molecule has 0 fully saturated rings. The maximum atomic E-state index is 12.3. The van der Waals surface area contributed by atoms with Crippen molar-refractivity contribution in [2.24, 2.45) is 0 Å². The van der Waals surface area contributed by atoms with Gasteiger partial charge in [0, 0.05) is 12.1 Å². The monoisotopic (exact) mass is 371 g/mol. The van der Waals surface area contributed by atoms with E-state index in [4.69, 9.17) is 18.9 Å². The average molecular weight is 371 g/mol. The highest BCUT2D eigenvalue weighted by Gasteiger charge is 2.18. The van der Waals surface area contributed by atoms with Gasteiger partial charge in [0.25, 0.3) is 5.91 Å². The Labute approximate surface area is 157 Å². The number of methoxy groups -OCH3 is 1. The van der Waals surface area contributed by atoms with Crippen molar-refractivity contribution in [2.75, 3.05) is 13.9 Å². The van der Waals surface area contributed by atoms with Crippen LogP contribution in [0.4, 0.5) is 0 Å². The average Bonchev–Trinajstić information content (AvgIpc) is 3.13. The molecule has 0 bridgehead atoms. The Morgan fingerprint density at radius 3 is 2.63 bits per heavy atom. The van der Waals surface area contributed by atoms with Gasteiger partial charge in [0.2, 0.25) is 6.79 Å². The first-order valence-electron chi connectivity index (χ1n) is 8.50. The highest BCUT2D eigenvalue weighted by molar-refractivity contribution is 5.94. The molecule has 1 amide bonds. The minimum atomic E-state index is -0.740. The van der Waals surface area contributed by atoms with Crippen molar-refractivity contribution >= 4 is 11.7 Å². The Bertz CT molecular complexity index is 864. The van der Waals surface area contributed by atoms with Crippen molar-refractivity contribution in [3.05, 3.63) is 47.5 Å². The first-order valence-corrected chi connectivity index (χ1v) is 8.50. The summed E-state index contributed by atoms with van der Waals surface area (Å²) in [6, 6.07) is 10.4. The lowest BCUT2D eigenvalue weighted by Crippen LogP contribution is -2.36. The van der Waals surface area contributed by atoms with Gasteiger partial charge < -0.3 is 24.3 Å². The van der Waals surface area contributed by atoms with Crippen LogP contribution in [0.5, 0.6) is 23.0 Å². The summed E-state index contributed by atoms with van der Waals surface area (Å²) >= 11 is 0. The van der Waals surface area contributed by atoms with Crippen LogP contribution in [-0.4, -0.2) is 31.7 Å². The molecule has 27 heavy (non-hydrogen) atoms. The lowest BCUT2D eigenvalue weighted by atomic mass is 10.1. The predicted molar refractivity (Wildman–Crippen MR) is 97.5 cm³/mol. The van der Waals surface area contributed by atoms with Crippen LogP contribution in [0.3, 0.4) is 0 Å². The summed E-state index contributed by atoms with van der Waals surface area (Å²) < 4.78 is 21.5. The number of ketones is 1. The number of fused-ring (bicyclic) bond motifs is 1. The Balaban J connectivity index is 1.60. The van der Waals surface area contributed by atoms with E-state index >= 15 is 0 Å². The van der Waals surface area contributed by atoms with Gasteiger partial charge in [0.05, 0.1) is 7.11 Å². The molecule has 0 spiro atoms. The number of benzene rings is 2. The number of carbonyl (C=O) groups excluding carboxylic acids is 2. The van der Waals surface area contributed by atoms with Crippen molar-refractivity contribution in [1.82, 2.24) is 5.32 Å². The van der Waals surface area contributed by atoms with E-state index < -0.39 is 6.10 Å². The van der Waals surface area contributed by atoms with E-state index in [1.54, 1.807) is 25.1 Å². The van der Waals surface area contributed by atoms with Crippen molar-refractivity contribution in [1.29, 1.82) is 0 Å². The molecular weight excluding hydrogens is 350 g/mol. The summed E-state index contributed by atoms with van der Waals surface area (Å²) in [7, 11) is 1.48. The van der Waals surface area contributed by atoms with Crippen molar-refractivity contribution in [2.45, 2.75) is 26.5 Å². The summed E-state index contributed by atoms with van der Waals surface area (Å²) in [6.45, 7) is 3.67. The van der Waals surface area contributed by atoms with Crippen LogP contribution in [0.25, 0.3) is 0 Å². The zero-order valence-corrected chi connectivity index (χ0v) is 15.4. The van der Waals surface area contributed by atoms with E-state index in [0.717, 1.165) is 5.56 Å². The molecule has 1 atom stereocenters. The number of ether oxygens (including phenoxy) is 4. The molecule has 1 aliphatic rings. The minimum absolute atomic E-state index is 0.0747. The summed E-state index contributed by atoms with van der Waals surface area (Å²) in [5.41, 5.74) is 1.40. The Hall–Kier alpha value is -3.22. The first-order chi connectivity index (χ1) is 13.0. The number of nitrogens with one attached hydrogen (secondary N) is 1. The number of hydrogen-bond acceptors (Lipinski definition) is 6. The summed E-state index contributed by atoms with van der Waals surface area (Å²) in [4.78, 5) is 23.8. The van der Waals surface area contributed by atoms with Crippen molar-refractivity contribution < 1.29 is 28.5 Å². The zero-order valence-electron chi connectivity index (χ0n) is 15.4. The molecule has 2 aromatic rings. The number of Topliss-reactive ketones (excluding diaryl/α,β-unsaturated/α-hetero) is 1. The highest BCUT2D eigenvalue weighted by Crippen LogP contribution is 2.32. The van der Waals surface area contributed by atoms with Crippen LogP contribution in [0.2, 0.25) is 0 Å². The molecule has 3 rings (SSSR count). The largest absolute Gasteiger partial charge is 0.493 e. The Morgan fingerprint density at radius 2 is 1.89 bits per heavy atom. The van der Waals surface area contributed by atoms with E-state index in [0.29, 0.717) is 35.1 Å². The van der Waals surface area contributed by atoms with Crippen LogP contribution in [-0.2, 0) is 11.3 Å². The summed E-state index contributed by atoms with van der Waals surface area (Å²) in [6.07, 6.45) is -0.740. The standard InChI is InChI=1S/C20H21NO6/c1-12(22)15-5-7-17(18(9-15)24-3)27-13(2)20(23)21-10-14-4-6-16-19(8-14)26-11-25-16/h4-9,13H,10-11H2,1-3H3,(H,21,23)/t13-/m0/s1. The Kier molecular flexibility index (Phi) is 5.49. The third-order valence-corrected chi connectivity index (χ3v) is 4.15. The molecule has 0 saturated heterocycles. The smallest absolute Gasteiger partial charge is 0.261 e. The van der Waals surface area contributed by atoms with Gasteiger partial charge in [-0.3, -0.25) is 9.59 Å². The fourth-order valence-electron chi connectivity index (χ4n) is 2.61. The minimum Gasteiger partial charge on any atom is -0.493 e. The van der Waals surface area contributed by atoms with Gasteiger partial charge in [-0.1, -0.05) is 6.07 Å². The SMILES string of the molecule is COc1cc(C(C)=O)ccc1O[C@@H](C)C(=O)NCc1ccc2c(c1)OCO2. The first kappa shape index (κ1) is 18.6. The summed E-state index contributed by atoms with van der Waals surface area (Å²) in [5, 5.41) is 2.82. The van der Waals surface area contributed by atoms with E-state index in [1.807, 2.05) is 18.2 Å². The maximum absolute atomic E-state index is 12.3. The molecule has 0 saturated carbocycles. The molecule has 1 heterocycles. The molecule has 1 aliphatic heterocycles. The van der Waals surface area contributed by atoms with E-state index in [2.05, 4.69) is 5.32 Å². The Morgan fingerprint density at radius 1 is 1.11 bits per heavy atom. The lowest BCUT2D eigenvalue weighted by molar-refractivity contribution is -0.127. The zero-order chi connectivity index (χ0) is 19.4. The summed E-state index contributed by atoms with van der Waals surface area (Å²) in [5.74, 6) is 1.82. The molecule has 7 heteroatoms. The second-order valence-corrected chi connectivity index (χ2v) is 6.09. The van der Waals surface area contributed by atoms with Crippen LogP contribution in [0.1, 0.15) is 29.8 Å². The van der Waals surface area contributed by atoms with Gasteiger partial charge >= 0.3 is 0 Å². The topological polar surface area (TPSA) is 83.1 Å². The molecule has 2 aromatic carbocycles. The molecule has 7 nitrogen and oxygen atoms in total. The van der Waals surface area contributed by atoms with Crippen LogP contribution >= 0.6 is 0 Å². The fraction of sp³-hybridized carbons (Fsp3) is 0.300. The maximum Gasteiger partial charge on any atom is 0.261 e. The quantitative estimate of drug-likeness (QED) is 0.754. The normalized spacial score (nSPS) is 13.0. The van der Waals surface area contributed by atoms with E-state index in [-0.39, 0.29) is 18.5 Å². The van der Waals surface area contributed by atoms with Crippen LogP contribution in [0, 0.1) is 0 Å².